The summed E-state index contributed by atoms with van der Waals surface area (Å²) in [7, 11) is 0. The van der Waals surface area contributed by atoms with E-state index in [1.54, 1.807) is 6.92 Å². The Morgan fingerprint density at radius 3 is 2.24 bits per heavy atom. The molecule has 0 amide bonds. The Bertz CT molecular complexity index is 189. The number of hydrogen-bond acceptors (Lipinski definition) is 5. The minimum atomic E-state index is 0. The lowest BCUT2D eigenvalue weighted by Crippen LogP contribution is -2.25. The van der Waals surface area contributed by atoms with Crippen LogP contribution in [0.25, 0.3) is 0 Å². The molecule has 7 heteroatoms. The van der Waals surface area contributed by atoms with Crippen molar-refractivity contribution >= 4 is 11.7 Å². The highest BCUT2D eigenvalue weighted by molar-refractivity contribution is 5.77. The van der Waals surface area contributed by atoms with Gasteiger partial charge in [-0.1, -0.05) is 6.92 Å². The molecular formula is C10H28N6O. The van der Waals surface area contributed by atoms with Crippen LogP contribution in [0.1, 0.15) is 26.7 Å². The molecule has 0 aromatic heterocycles. The van der Waals surface area contributed by atoms with Gasteiger partial charge in [0.25, 0.3) is 0 Å². The maximum absolute atomic E-state index is 10.5. The molecule has 0 heterocycles. The van der Waals surface area contributed by atoms with Gasteiger partial charge in [-0.25, -0.2) is 0 Å². The second kappa shape index (κ2) is 17.2. The summed E-state index contributed by atoms with van der Waals surface area (Å²) in [6.45, 7) is 6.20. The van der Waals surface area contributed by atoms with Crippen LogP contribution in [0, 0.1) is 0 Å². The van der Waals surface area contributed by atoms with Crippen molar-refractivity contribution in [2.24, 2.45) is 22.2 Å². The number of carbonyl (C=O) groups is 1. The molecule has 0 aliphatic rings. The van der Waals surface area contributed by atoms with Crippen molar-refractivity contribution in [1.82, 2.24) is 11.5 Å². The van der Waals surface area contributed by atoms with E-state index in [1.807, 2.05) is 0 Å². The van der Waals surface area contributed by atoms with Gasteiger partial charge in [-0.2, -0.15) is 0 Å². The first-order valence-electron chi connectivity index (χ1n) is 5.50. The summed E-state index contributed by atoms with van der Waals surface area (Å²) in [5.74, 6) is 0.249. The van der Waals surface area contributed by atoms with Crippen LogP contribution in [0.3, 0.4) is 0 Å². The van der Waals surface area contributed by atoms with Gasteiger partial charge in [0.1, 0.15) is 5.78 Å². The highest BCUT2D eigenvalue weighted by Gasteiger charge is 1.90. The number of carbonyl (C=O) groups excluding carboxylic acids is 1. The van der Waals surface area contributed by atoms with Crippen molar-refractivity contribution in [1.29, 1.82) is 0 Å². The number of rotatable bonds is 7. The molecule has 0 bridgehead atoms. The van der Waals surface area contributed by atoms with Gasteiger partial charge >= 0.3 is 0 Å². The Kier molecular flexibility index (Phi) is 21.4. The number of nitrogens with zero attached hydrogens (tertiary/aromatic N) is 1. The molecule has 0 fully saturated rings. The molecule has 0 saturated carbocycles. The third-order valence-corrected chi connectivity index (χ3v) is 1.47. The average Bonchev–Trinajstić information content (AvgIpc) is 2.23. The van der Waals surface area contributed by atoms with E-state index in [4.69, 9.17) is 17.2 Å². The molecule has 7 nitrogen and oxygen atoms in total. The molecule has 0 rings (SSSR count). The fourth-order valence-electron chi connectivity index (χ4n) is 0.677. The first-order chi connectivity index (χ1) is 7.54. The second-order valence-corrected chi connectivity index (χ2v) is 3.33. The van der Waals surface area contributed by atoms with E-state index in [2.05, 4.69) is 17.2 Å². The predicted molar refractivity (Wildman–Crippen MR) is 73.2 cm³/mol. The van der Waals surface area contributed by atoms with Crippen molar-refractivity contribution in [3.8, 4) is 0 Å². The molecule has 0 radical (unpaired) electrons. The molecule has 17 heavy (non-hydrogen) atoms. The molecule has 10 N–H and O–H groups in total. The fourth-order valence-corrected chi connectivity index (χ4v) is 0.677. The van der Waals surface area contributed by atoms with E-state index < -0.39 is 0 Å². The normalized spacial score (nSPS) is 8.41. The molecule has 104 valence electrons. The average molecular weight is 248 g/mol. The minimum Gasteiger partial charge on any atom is -0.370 e. The van der Waals surface area contributed by atoms with Crippen LogP contribution in [-0.2, 0) is 4.79 Å². The zero-order valence-electron chi connectivity index (χ0n) is 11.0. The van der Waals surface area contributed by atoms with Crippen molar-refractivity contribution in [2.45, 2.75) is 26.7 Å². The third-order valence-electron chi connectivity index (χ3n) is 1.47. The van der Waals surface area contributed by atoms with Gasteiger partial charge in [-0.3, -0.25) is 9.79 Å². The van der Waals surface area contributed by atoms with Gasteiger partial charge in [0.05, 0.1) is 6.54 Å². The SMILES string of the molecule is CC(=O)CNCCCN=C(N)N.CCCN.N. The summed E-state index contributed by atoms with van der Waals surface area (Å²) >= 11 is 0. The molecule has 0 aliphatic carbocycles. The Morgan fingerprint density at radius 2 is 1.88 bits per heavy atom. The number of ketones is 1. The summed E-state index contributed by atoms with van der Waals surface area (Å²) < 4.78 is 0. The van der Waals surface area contributed by atoms with Gasteiger partial charge in [-0.15, -0.1) is 0 Å². The minimum absolute atomic E-state index is 0. The van der Waals surface area contributed by atoms with E-state index in [0.29, 0.717) is 13.1 Å². The topological polar surface area (TPSA) is 155 Å². The Labute approximate surface area is 104 Å². The van der Waals surface area contributed by atoms with Crippen molar-refractivity contribution in [3.05, 3.63) is 0 Å². The first-order valence-corrected chi connectivity index (χ1v) is 5.50. The number of guanidine groups is 1. The predicted octanol–water partition coefficient (Wildman–Crippen LogP) is -0.654. The van der Waals surface area contributed by atoms with Crippen LogP contribution in [0.15, 0.2) is 4.99 Å². The highest BCUT2D eigenvalue weighted by atomic mass is 16.1. The van der Waals surface area contributed by atoms with Gasteiger partial charge in [-0.05, 0) is 32.9 Å². The lowest BCUT2D eigenvalue weighted by atomic mass is 10.4. The van der Waals surface area contributed by atoms with Gasteiger partial charge in [0.15, 0.2) is 5.96 Å². The molecular weight excluding hydrogens is 220 g/mol. The van der Waals surface area contributed by atoms with E-state index in [-0.39, 0.29) is 17.9 Å². The first kappa shape index (κ1) is 21.1. The second-order valence-electron chi connectivity index (χ2n) is 3.33. The smallest absolute Gasteiger partial charge is 0.185 e. The number of aliphatic imine (C=N–C) groups is 1. The summed E-state index contributed by atoms with van der Waals surface area (Å²) in [5.41, 5.74) is 15.2. The highest BCUT2D eigenvalue weighted by Crippen LogP contribution is 1.77. The Morgan fingerprint density at radius 1 is 1.35 bits per heavy atom. The maximum Gasteiger partial charge on any atom is 0.185 e. The van der Waals surface area contributed by atoms with Crippen LogP contribution in [0.2, 0.25) is 0 Å². The van der Waals surface area contributed by atoms with Crippen LogP contribution < -0.4 is 28.7 Å². The van der Waals surface area contributed by atoms with Crippen molar-refractivity contribution in [3.63, 3.8) is 0 Å². The molecule has 0 aromatic rings. The molecule has 0 aromatic carbocycles. The summed E-state index contributed by atoms with van der Waals surface area (Å²) in [6, 6.07) is 0. The van der Waals surface area contributed by atoms with Crippen LogP contribution in [-0.4, -0.2) is 37.9 Å². The van der Waals surface area contributed by atoms with Crippen molar-refractivity contribution in [2.75, 3.05) is 26.2 Å². The molecule has 0 spiro atoms. The standard InChI is InChI=1S/C7H16N4O.C3H9N.H3N/c1-6(12)5-10-3-2-4-11-7(8)9;1-2-3-4;/h10H,2-5H2,1H3,(H4,8,9,11);2-4H2,1H3;1H3. The molecule has 0 atom stereocenters. The van der Waals surface area contributed by atoms with Gasteiger partial charge in [0.2, 0.25) is 0 Å². The van der Waals surface area contributed by atoms with Gasteiger partial charge < -0.3 is 28.7 Å². The maximum atomic E-state index is 10.5. The summed E-state index contributed by atoms with van der Waals surface area (Å²) in [5, 5.41) is 2.96. The lowest BCUT2D eigenvalue weighted by Gasteiger charge is -1.99. The van der Waals surface area contributed by atoms with Crippen LogP contribution in [0.4, 0.5) is 0 Å². The zero-order valence-corrected chi connectivity index (χ0v) is 11.0. The number of nitrogens with one attached hydrogen (secondary N) is 1. The van der Waals surface area contributed by atoms with Gasteiger partial charge in [0, 0.05) is 6.54 Å². The Hall–Kier alpha value is -1.18. The fraction of sp³-hybridized carbons (Fsp3) is 0.800. The number of Topliss-reactive ketones (excluding diaryl/α,β-unsaturated/α-hetero) is 1. The lowest BCUT2D eigenvalue weighted by molar-refractivity contribution is -0.116. The monoisotopic (exact) mass is 248 g/mol. The quantitative estimate of drug-likeness (QED) is 0.229. The number of hydrogen-bond donors (Lipinski definition) is 5. The summed E-state index contributed by atoms with van der Waals surface area (Å²) in [6.07, 6.45) is 1.94. The molecule has 0 aliphatic heterocycles. The molecule has 0 unspecified atom stereocenters. The van der Waals surface area contributed by atoms with Crippen molar-refractivity contribution < 1.29 is 4.79 Å². The number of nitrogens with two attached hydrogens (primary N) is 3. The van der Waals surface area contributed by atoms with Crippen LogP contribution >= 0.6 is 0 Å². The Balaban J connectivity index is -0.000000340. The van der Waals surface area contributed by atoms with E-state index in [9.17, 15) is 4.79 Å². The zero-order chi connectivity index (χ0) is 12.8. The van der Waals surface area contributed by atoms with E-state index in [1.165, 1.54) is 0 Å². The largest absolute Gasteiger partial charge is 0.370 e. The summed E-state index contributed by atoms with van der Waals surface area (Å²) in [4.78, 5) is 14.2. The van der Waals surface area contributed by atoms with E-state index in [0.717, 1.165) is 25.9 Å². The van der Waals surface area contributed by atoms with Crippen LogP contribution in [0.5, 0.6) is 0 Å². The third kappa shape index (κ3) is 31.3. The van der Waals surface area contributed by atoms with E-state index >= 15 is 0 Å². The molecule has 0 saturated heterocycles.